The first-order chi connectivity index (χ1) is 10.1. The van der Waals surface area contributed by atoms with Gasteiger partial charge in [-0.25, -0.2) is 0 Å². The third kappa shape index (κ3) is 3.58. The van der Waals surface area contributed by atoms with Crippen LogP contribution in [0.5, 0.6) is 0 Å². The zero-order chi connectivity index (χ0) is 14.9. The Balaban J connectivity index is 1.60. The molecule has 5 heteroatoms. The summed E-state index contributed by atoms with van der Waals surface area (Å²) in [6, 6.07) is 0.524. The fourth-order valence-electron chi connectivity index (χ4n) is 3.90. The maximum Gasteiger partial charge on any atom is 0.0963 e. The van der Waals surface area contributed by atoms with Gasteiger partial charge >= 0.3 is 0 Å². The molecule has 0 bridgehead atoms. The minimum Gasteiger partial charge on any atom is -0.390 e. The molecule has 0 aromatic rings. The Morgan fingerprint density at radius 3 is 2.90 bits per heavy atom. The van der Waals surface area contributed by atoms with Crippen molar-refractivity contribution in [3.63, 3.8) is 0 Å². The molecule has 0 saturated carbocycles. The van der Waals surface area contributed by atoms with Crippen LogP contribution in [0.3, 0.4) is 0 Å². The van der Waals surface area contributed by atoms with Gasteiger partial charge in [-0.3, -0.25) is 4.90 Å². The molecular weight excluding hydrogens is 286 g/mol. The van der Waals surface area contributed by atoms with Gasteiger partial charge in [-0.15, -0.1) is 0 Å². The predicted octanol–water partition coefficient (Wildman–Crippen LogP) is 1.76. The van der Waals surface area contributed by atoms with Crippen LogP contribution in [0.4, 0.5) is 0 Å². The summed E-state index contributed by atoms with van der Waals surface area (Å²) < 4.78 is 12.0. The van der Waals surface area contributed by atoms with Crippen LogP contribution in [0.25, 0.3) is 0 Å². The third-order valence-electron chi connectivity index (χ3n) is 5.32. The van der Waals surface area contributed by atoms with Crippen LogP contribution < -0.4 is 0 Å². The van der Waals surface area contributed by atoms with Gasteiger partial charge in [-0.2, -0.15) is 11.8 Å². The molecule has 1 spiro atoms. The molecule has 3 saturated heterocycles. The van der Waals surface area contributed by atoms with Gasteiger partial charge in [0.05, 0.1) is 24.4 Å². The average Bonchev–Trinajstić information content (AvgIpc) is 2.94. The molecule has 3 heterocycles. The highest BCUT2D eigenvalue weighted by Crippen LogP contribution is 2.42. The minimum absolute atomic E-state index is 0.0321. The number of aliphatic hydroxyl groups is 1. The third-order valence-corrected chi connectivity index (χ3v) is 6.54. The number of rotatable bonds is 3. The molecule has 3 aliphatic heterocycles. The second-order valence-corrected chi connectivity index (χ2v) is 8.18. The molecule has 0 radical (unpaired) electrons. The van der Waals surface area contributed by atoms with Crippen molar-refractivity contribution in [2.75, 3.05) is 37.8 Å². The fraction of sp³-hybridized carbons (Fsp3) is 1.00. The number of nitrogens with zero attached hydrogens (tertiary/aromatic N) is 1. The largest absolute Gasteiger partial charge is 0.390 e. The van der Waals surface area contributed by atoms with Crippen molar-refractivity contribution in [3.8, 4) is 0 Å². The van der Waals surface area contributed by atoms with E-state index >= 15 is 0 Å². The Bertz CT molecular complexity index is 346. The Hall–Kier alpha value is 0.190. The van der Waals surface area contributed by atoms with Gasteiger partial charge in [-0.05, 0) is 44.8 Å². The van der Waals surface area contributed by atoms with E-state index in [0.717, 1.165) is 51.3 Å². The van der Waals surface area contributed by atoms with Crippen LogP contribution in [0, 0.1) is 5.92 Å². The molecule has 4 unspecified atom stereocenters. The van der Waals surface area contributed by atoms with Crippen molar-refractivity contribution >= 4 is 11.8 Å². The summed E-state index contributed by atoms with van der Waals surface area (Å²) in [7, 11) is 0. The van der Waals surface area contributed by atoms with Crippen LogP contribution in [-0.4, -0.2) is 71.7 Å². The summed E-state index contributed by atoms with van der Waals surface area (Å²) >= 11 is 1.99. The first-order valence-corrected chi connectivity index (χ1v) is 9.50. The standard InChI is InChI=1S/C16H29NO3S/c1-12(2)17-5-7-19-14(10-17)15(18)13-3-6-20-16(9-13)4-8-21-11-16/h12-15,18H,3-11H2,1-2H3. The second kappa shape index (κ2) is 6.75. The van der Waals surface area contributed by atoms with Crippen molar-refractivity contribution in [2.45, 2.75) is 57.0 Å². The highest BCUT2D eigenvalue weighted by molar-refractivity contribution is 7.99. The van der Waals surface area contributed by atoms with Crippen molar-refractivity contribution in [3.05, 3.63) is 0 Å². The van der Waals surface area contributed by atoms with E-state index in [0.29, 0.717) is 12.0 Å². The normalized spacial score (nSPS) is 40.0. The second-order valence-electron chi connectivity index (χ2n) is 7.08. The Labute approximate surface area is 132 Å². The summed E-state index contributed by atoms with van der Waals surface area (Å²) in [6.45, 7) is 7.81. The molecule has 0 amide bonds. The number of ether oxygens (including phenoxy) is 2. The fourth-order valence-corrected chi connectivity index (χ4v) is 5.27. The number of hydrogen-bond donors (Lipinski definition) is 1. The Kier molecular flexibility index (Phi) is 5.16. The molecule has 4 atom stereocenters. The van der Waals surface area contributed by atoms with E-state index in [9.17, 15) is 5.11 Å². The number of morpholine rings is 1. The van der Waals surface area contributed by atoms with E-state index in [4.69, 9.17) is 9.47 Å². The van der Waals surface area contributed by atoms with Crippen molar-refractivity contribution < 1.29 is 14.6 Å². The smallest absolute Gasteiger partial charge is 0.0963 e. The number of thioether (sulfide) groups is 1. The number of aliphatic hydroxyl groups excluding tert-OH is 1. The summed E-state index contributed by atoms with van der Waals surface area (Å²) in [6.07, 6.45) is 2.73. The topological polar surface area (TPSA) is 41.9 Å². The first kappa shape index (κ1) is 16.1. The molecule has 3 fully saturated rings. The van der Waals surface area contributed by atoms with Gasteiger partial charge in [0.25, 0.3) is 0 Å². The molecule has 3 rings (SSSR count). The van der Waals surface area contributed by atoms with Crippen LogP contribution >= 0.6 is 11.8 Å². The molecule has 3 aliphatic rings. The van der Waals surface area contributed by atoms with E-state index < -0.39 is 0 Å². The van der Waals surface area contributed by atoms with Gasteiger partial charge in [0.1, 0.15) is 0 Å². The lowest BCUT2D eigenvalue weighted by Gasteiger charge is -2.43. The lowest BCUT2D eigenvalue weighted by Crippen LogP contribution is -2.53. The zero-order valence-corrected chi connectivity index (χ0v) is 14.1. The first-order valence-electron chi connectivity index (χ1n) is 8.35. The zero-order valence-electron chi connectivity index (χ0n) is 13.3. The molecule has 4 nitrogen and oxygen atoms in total. The van der Waals surface area contributed by atoms with Crippen LogP contribution in [0.1, 0.15) is 33.1 Å². The van der Waals surface area contributed by atoms with E-state index in [-0.39, 0.29) is 17.8 Å². The lowest BCUT2D eigenvalue weighted by molar-refractivity contribution is -0.148. The van der Waals surface area contributed by atoms with E-state index in [1.54, 1.807) is 0 Å². The summed E-state index contributed by atoms with van der Waals surface area (Å²) in [4.78, 5) is 2.41. The highest BCUT2D eigenvalue weighted by Gasteiger charge is 2.44. The summed E-state index contributed by atoms with van der Waals surface area (Å²) in [5.41, 5.74) is 0.0426. The predicted molar refractivity (Wildman–Crippen MR) is 85.8 cm³/mol. The van der Waals surface area contributed by atoms with E-state index in [1.807, 2.05) is 11.8 Å². The van der Waals surface area contributed by atoms with Crippen LogP contribution in [0.2, 0.25) is 0 Å². The maximum absolute atomic E-state index is 10.8. The highest BCUT2D eigenvalue weighted by atomic mass is 32.2. The molecule has 0 aromatic carbocycles. The SMILES string of the molecule is CC(C)N1CCOC(C(O)C2CCOC3(CCSC3)C2)C1. The van der Waals surface area contributed by atoms with Crippen molar-refractivity contribution in [2.24, 2.45) is 5.92 Å². The monoisotopic (exact) mass is 315 g/mol. The van der Waals surface area contributed by atoms with Gasteiger partial charge in [0.2, 0.25) is 0 Å². The Morgan fingerprint density at radius 2 is 2.19 bits per heavy atom. The Morgan fingerprint density at radius 1 is 1.33 bits per heavy atom. The van der Waals surface area contributed by atoms with Crippen molar-refractivity contribution in [1.29, 1.82) is 0 Å². The number of hydrogen-bond acceptors (Lipinski definition) is 5. The summed E-state index contributed by atoms with van der Waals surface area (Å²) in [5, 5.41) is 10.8. The minimum atomic E-state index is -0.349. The van der Waals surface area contributed by atoms with Gasteiger partial charge in [0.15, 0.2) is 0 Å². The van der Waals surface area contributed by atoms with Gasteiger partial charge < -0.3 is 14.6 Å². The molecule has 0 aliphatic carbocycles. The lowest BCUT2D eigenvalue weighted by atomic mass is 9.80. The molecule has 1 N–H and O–H groups in total. The molecule has 122 valence electrons. The average molecular weight is 315 g/mol. The van der Waals surface area contributed by atoms with E-state index in [2.05, 4.69) is 18.7 Å². The molecular formula is C16H29NO3S. The van der Waals surface area contributed by atoms with Gasteiger partial charge in [0, 0.05) is 31.5 Å². The quantitative estimate of drug-likeness (QED) is 0.859. The molecule has 0 aromatic heterocycles. The molecule has 21 heavy (non-hydrogen) atoms. The van der Waals surface area contributed by atoms with Crippen LogP contribution in [-0.2, 0) is 9.47 Å². The summed E-state index contributed by atoms with van der Waals surface area (Å²) in [5.74, 6) is 2.62. The van der Waals surface area contributed by atoms with Crippen LogP contribution in [0.15, 0.2) is 0 Å². The maximum atomic E-state index is 10.8. The van der Waals surface area contributed by atoms with E-state index in [1.165, 1.54) is 5.75 Å². The van der Waals surface area contributed by atoms with Gasteiger partial charge in [-0.1, -0.05) is 0 Å². The van der Waals surface area contributed by atoms with Crippen molar-refractivity contribution in [1.82, 2.24) is 4.90 Å².